The smallest absolute Gasteiger partial charge is 0.339 e. The quantitative estimate of drug-likeness (QED) is 0.691. The van der Waals surface area contributed by atoms with E-state index in [0.29, 0.717) is 48.2 Å². The van der Waals surface area contributed by atoms with Gasteiger partial charge in [0.25, 0.3) is 5.91 Å². The zero-order valence-corrected chi connectivity index (χ0v) is 15.7. The van der Waals surface area contributed by atoms with E-state index in [9.17, 15) is 9.59 Å². The Kier molecular flexibility index (Phi) is 4.90. The summed E-state index contributed by atoms with van der Waals surface area (Å²) in [5.41, 5.74) is 2.75. The van der Waals surface area contributed by atoms with Gasteiger partial charge in [0.15, 0.2) is 11.5 Å². The first-order chi connectivity index (χ1) is 14.0. The Morgan fingerprint density at radius 2 is 1.83 bits per heavy atom. The van der Waals surface area contributed by atoms with Crippen molar-refractivity contribution in [3.8, 4) is 17.2 Å². The fourth-order valence-corrected chi connectivity index (χ4v) is 3.12. The summed E-state index contributed by atoms with van der Waals surface area (Å²) in [7, 11) is 0. The van der Waals surface area contributed by atoms with E-state index in [2.05, 4.69) is 10.4 Å². The molecule has 0 atom stereocenters. The van der Waals surface area contributed by atoms with Gasteiger partial charge in [-0.1, -0.05) is 6.07 Å². The van der Waals surface area contributed by atoms with Crippen LogP contribution in [0.1, 0.15) is 32.0 Å². The standard InChI is InChI=1S/C21H19N3O5/c1-13-17(21(26)27)12-23-24(13)16-5-3-15(4-6-16)20(25)22-11-14-2-7-18-19(10-14)29-9-8-28-18/h2-7,10,12H,8-9,11H2,1H3,(H,22,25)(H,26,27). The molecule has 0 spiro atoms. The summed E-state index contributed by atoms with van der Waals surface area (Å²) < 4.78 is 12.6. The SMILES string of the molecule is Cc1c(C(=O)O)cnn1-c1ccc(C(=O)NCc2ccc3c(c2)OCCO3)cc1. The van der Waals surface area contributed by atoms with Gasteiger partial charge in [-0.05, 0) is 48.9 Å². The molecular formula is C21H19N3O5. The van der Waals surface area contributed by atoms with Crippen LogP contribution in [0, 0.1) is 6.92 Å². The Morgan fingerprint density at radius 1 is 1.10 bits per heavy atom. The summed E-state index contributed by atoms with van der Waals surface area (Å²) in [4.78, 5) is 23.6. The zero-order chi connectivity index (χ0) is 20.4. The van der Waals surface area contributed by atoms with Crippen LogP contribution in [0.2, 0.25) is 0 Å². The maximum absolute atomic E-state index is 12.4. The van der Waals surface area contributed by atoms with Gasteiger partial charge >= 0.3 is 5.97 Å². The highest BCUT2D eigenvalue weighted by Crippen LogP contribution is 2.30. The van der Waals surface area contributed by atoms with E-state index in [1.807, 2.05) is 18.2 Å². The number of carbonyl (C=O) groups is 2. The second-order valence-electron chi connectivity index (χ2n) is 6.57. The maximum Gasteiger partial charge on any atom is 0.339 e. The predicted octanol–water partition coefficient (Wildman–Crippen LogP) is 2.58. The van der Waals surface area contributed by atoms with Gasteiger partial charge in [-0.2, -0.15) is 5.10 Å². The number of aromatic nitrogens is 2. The molecule has 1 amide bonds. The van der Waals surface area contributed by atoms with Gasteiger partial charge in [0, 0.05) is 12.1 Å². The van der Waals surface area contributed by atoms with Crippen molar-refractivity contribution in [2.24, 2.45) is 0 Å². The number of carboxylic acids is 1. The lowest BCUT2D eigenvalue weighted by Crippen LogP contribution is -2.23. The Bertz CT molecular complexity index is 1070. The Labute approximate surface area is 166 Å². The molecule has 0 unspecified atom stereocenters. The molecule has 1 aliphatic rings. The Balaban J connectivity index is 1.43. The third kappa shape index (κ3) is 3.77. The van der Waals surface area contributed by atoms with E-state index in [-0.39, 0.29) is 11.5 Å². The van der Waals surface area contributed by atoms with Gasteiger partial charge in [-0.15, -0.1) is 0 Å². The molecule has 29 heavy (non-hydrogen) atoms. The molecule has 0 fully saturated rings. The molecule has 8 heteroatoms. The molecule has 1 aliphatic heterocycles. The number of carboxylic acid groups (broad SMARTS) is 1. The third-order valence-electron chi connectivity index (χ3n) is 4.67. The number of hydrogen-bond donors (Lipinski definition) is 2. The van der Waals surface area contributed by atoms with Crippen molar-refractivity contribution in [2.45, 2.75) is 13.5 Å². The largest absolute Gasteiger partial charge is 0.486 e. The monoisotopic (exact) mass is 393 g/mol. The number of ether oxygens (including phenoxy) is 2. The number of fused-ring (bicyclic) bond motifs is 1. The van der Waals surface area contributed by atoms with E-state index in [0.717, 1.165) is 5.56 Å². The average molecular weight is 393 g/mol. The highest BCUT2D eigenvalue weighted by molar-refractivity contribution is 5.94. The number of carbonyl (C=O) groups excluding carboxylic acids is 1. The summed E-state index contributed by atoms with van der Waals surface area (Å²) in [6.07, 6.45) is 1.31. The number of nitrogens with one attached hydrogen (secondary N) is 1. The highest BCUT2D eigenvalue weighted by Gasteiger charge is 2.15. The van der Waals surface area contributed by atoms with Crippen molar-refractivity contribution in [2.75, 3.05) is 13.2 Å². The third-order valence-corrected chi connectivity index (χ3v) is 4.67. The first-order valence-electron chi connectivity index (χ1n) is 9.08. The number of amides is 1. The predicted molar refractivity (Wildman–Crippen MR) is 104 cm³/mol. The summed E-state index contributed by atoms with van der Waals surface area (Å²) in [6.45, 7) is 3.09. The molecule has 1 aromatic heterocycles. The molecular weight excluding hydrogens is 374 g/mol. The van der Waals surface area contributed by atoms with Gasteiger partial charge in [-0.25, -0.2) is 9.48 Å². The van der Waals surface area contributed by atoms with E-state index in [1.165, 1.54) is 10.9 Å². The lowest BCUT2D eigenvalue weighted by atomic mass is 10.1. The van der Waals surface area contributed by atoms with E-state index >= 15 is 0 Å². The number of nitrogens with zero attached hydrogens (tertiary/aromatic N) is 2. The lowest BCUT2D eigenvalue weighted by molar-refractivity contribution is 0.0695. The molecule has 0 bridgehead atoms. The van der Waals surface area contributed by atoms with Crippen LogP contribution in [-0.2, 0) is 6.54 Å². The maximum atomic E-state index is 12.4. The van der Waals surface area contributed by atoms with Crippen molar-refractivity contribution in [1.82, 2.24) is 15.1 Å². The fourth-order valence-electron chi connectivity index (χ4n) is 3.12. The minimum atomic E-state index is -1.02. The lowest BCUT2D eigenvalue weighted by Gasteiger charge is -2.19. The van der Waals surface area contributed by atoms with Crippen molar-refractivity contribution in [1.29, 1.82) is 0 Å². The average Bonchev–Trinajstić information content (AvgIpc) is 3.13. The molecule has 0 aliphatic carbocycles. The second-order valence-corrected chi connectivity index (χ2v) is 6.57. The summed E-state index contributed by atoms with van der Waals surface area (Å²) in [5, 5.41) is 16.1. The van der Waals surface area contributed by atoms with E-state index < -0.39 is 5.97 Å². The number of rotatable bonds is 5. The van der Waals surface area contributed by atoms with Crippen LogP contribution in [0.3, 0.4) is 0 Å². The minimum absolute atomic E-state index is 0.145. The van der Waals surface area contributed by atoms with Gasteiger partial charge < -0.3 is 19.9 Å². The van der Waals surface area contributed by atoms with Crippen molar-refractivity contribution >= 4 is 11.9 Å². The van der Waals surface area contributed by atoms with Crippen molar-refractivity contribution in [3.05, 3.63) is 71.0 Å². The molecule has 0 saturated heterocycles. The molecule has 2 heterocycles. The summed E-state index contributed by atoms with van der Waals surface area (Å²) in [6, 6.07) is 12.4. The van der Waals surface area contributed by atoms with Crippen molar-refractivity contribution in [3.63, 3.8) is 0 Å². The van der Waals surface area contributed by atoms with Crippen LogP contribution >= 0.6 is 0 Å². The van der Waals surface area contributed by atoms with E-state index in [4.69, 9.17) is 14.6 Å². The first-order valence-corrected chi connectivity index (χ1v) is 9.08. The summed E-state index contributed by atoms with van der Waals surface area (Å²) in [5.74, 6) is 0.156. The fraction of sp³-hybridized carbons (Fsp3) is 0.190. The van der Waals surface area contributed by atoms with Crippen molar-refractivity contribution < 1.29 is 24.2 Å². The van der Waals surface area contributed by atoms with Gasteiger partial charge in [-0.3, -0.25) is 4.79 Å². The molecule has 8 nitrogen and oxygen atoms in total. The van der Waals surface area contributed by atoms with Gasteiger partial charge in [0.1, 0.15) is 18.8 Å². The van der Waals surface area contributed by atoms with Gasteiger partial charge in [0.2, 0.25) is 0 Å². The number of benzene rings is 2. The van der Waals surface area contributed by atoms with Crippen LogP contribution in [0.5, 0.6) is 11.5 Å². The van der Waals surface area contributed by atoms with Crippen LogP contribution < -0.4 is 14.8 Å². The number of aromatic carboxylic acids is 1. The summed E-state index contributed by atoms with van der Waals surface area (Å²) >= 11 is 0. The van der Waals surface area contributed by atoms with E-state index in [1.54, 1.807) is 31.2 Å². The molecule has 4 rings (SSSR count). The van der Waals surface area contributed by atoms with Crippen LogP contribution in [-0.4, -0.2) is 40.0 Å². The second kappa shape index (κ2) is 7.67. The Morgan fingerprint density at radius 3 is 2.52 bits per heavy atom. The van der Waals surface area contributed by atoms with Crippen LogP contribution in [0.25, 0.3) is 5.69 Å². The molecule has 2 aromatic carbocycles. The molecule has 3 aromatic rings. The minimum Gasteiger partial charge on any atom is -0.486 e. The normalized spacial score (nSPS) is 12.4. The van der Waals surface area contributed by atoms with Crippen LogP contribution in [0.4, 0.5) is 0 Å². The first kappa shape index (κ1) is 18.5. The molecule has 0 saturated carbocycles. The molecule has 2 N–H and O–H groups in total. The zero-order valence-electron chi connectivity index (χ0n) is 15.7. The Hall–Kier alpha value is -3.81. The number of hydrogen-bond acceptors (Lipinski definition) is 5. The van der Waals surface area contributed by atoms with Crippen LogP contribution in [0.15, 0.2) is 48.7 Å². The highest BCUT2D eigenvalue weighted by atomic mass is 16.6. The topological polar surface area (TPSA) is 103 Å². The van der Waals surface area contributed by atoms with Gasteiger partial charge in [0.05, 0.1) is 17.6 Å². The molecule has 0 radical (unpaired) electrons. The molecule has 148 valence electrons.